The Balaban J connectivity index is 2.33. The monoisotopic (exact) mass is 440 g/mol. The molecule has 2 aromatic rings. The first-order chi connectivity index (χ1) is 10.3. The van der Waals surface area contributed by atoms with Crippen LogP contribution in [0.3, 0.4) is 0 Å². The van der Waals surface area contributed by atoms with Gasteiger partial charge in [0.15, 0.2) is 0 Å². The number of nitrogens with one attached hydrogen (secondary N) is 2. The van der Waals surface area contributed by atoms with Crippen LogP contribution >= 0.6 is 34.2 Å². The molecule has 0 radical (unpaired) electrons. The Hall–Kier alpha value is -1.87. The summed E-state index contributed by atoms with van der Waals surface area (Å²) in [5.74, 6) is 0.0491. The van der Waals surface area contributed by atoms with Crippen molar-refractivity contribution in [1.82, 2.24) is 20.6 Å². The predicted octanol–water partition coefficient (Wildman–Crippen LogP) is 3.45. The Morgan fingerprint density at radius 3 is 2.68 bits per heavy atom. The van der Waals surface area contributed by atoms with Gasteiger partial charge in [0, 0.05) is 9.77 Å². The van der Waals surface area contributed by atoms with Gasteiger partial charge in [-0.2, -0.15) is 23.6 Å². The molecule has 2 rings (SSSR count). The molecule has 22 heavy (non-hydrogen) atoms. The largest absolute Gasteiger partial charge is 0.416 e. The molecule has 0 bridgehead atoms. The van der Waals surface area contributed by atoms with E-state index in [1.807, 2.05) is 6.07 Å². The lowest BCUT2D eigenvalue weighted by atomic mass is 10.2. The molecular weight excluding hydrogens is 436 g/mol. The number of nitrogens with zero attached hydrogens (tertiary/aromatic N) is 4. The van der Waals surface area contributed by atoms with E-state index in [0.29, 0.717) is 0 Å². The fraction of sp³-hybridized carbons (Fsp3) is 0.0909. The van der Waals surface area contributed by atoms with E-state index in [9.17, 15) is 13.2 Å². The molecule has 0 unspecified atom stereocenters. The van der Waals surface area contributed by atoms with Gasteiger partial charge in [-0.1, -0.05) is 11.6 Å². The molecule has 0 spiro atoms. The van der Waals surface area contributed by atoms with Crippen LogP contribution in [0, 0.1) is 14.9 Å². The molecule has 1 aromatic heterocycles. The molecule has 0 atom stereocenters. The zero-order valence-electron chi connectivity index (χ0n) is 10.4. The summed E-state index contributed by atoms with van der Waals surface area (Å²) in [6.07, 6.45) is -3.25. The highest BCUT2D eigenvalue weighted by Gasteiger charge is 2.31. The lowest BCUT2D eigenvalue weighted by molar-refractivity contribution is -0.137. The maximum Gasteiger partial charge on any atom is 0.416 e. The number of aromatic amines is 1. The molecule has 11 heteroatoms. The molecule has 0 aliphatic rings. The molecule has 0 saturated heterocycles. The first-order valence-corrected chi connectivity index (χ1v) is 6.95. The van der Waals surface area contributed by atoms with E-state index in [-0.39, 0.29) is 25.7 Å². The molecule has 0 saturated carbocycles. The van der Waals surface area contributed by atoms with Gasteiger partial charge in [-0.25, -0.2) is 0 Å². The lowest BCUT2D eigenvalue weighted by Gasteiger charge is -2.12. The number of hydrogen-bond donors (Lipinski definition) is 2. The van der Waals surface area contributed by atoms with E-state index in [0.717, 1.165) is 12.1 Å². The molecule has 0 fully saturated rings. The van der Waals surface area contributed by atoms with E-state index in [1.54, 1.807) is 22.6 Å². The van der Waals surface area contributed by atoms with E-state index in [2.05, 4.69) is 25.9 Å². The Morgan fingerprint density at radius 1 is 1.45 bits per heavy atom. The van der Waals surface area contributed by atoms with E-state index in [1.165, 1.54) is 6.20 Å². The van der Waals surface area contributed by atoms with Crippen molar-refractivity contribution in [3.8, 4) is 6.07 Å². The van der Waals surface area contributed by atoms with Crippen LogP contribution in [-0.2, 0) is 6.18 Å². The van der Waals surface area contributed by atoms with Gasteiger partial charge in [-0.05, 0) is 39.9 Å². The SMILES string of the molecule is N#CC(=CNc1c(Cl)cc(C(F)(F)F)cc1I)c1nn[nH]n1. The number of tetrazole rings is 1. The van der Waals surface area contributed by atoms with Crippen LogP contribution in [0.5, 0.6) is 0 Å². The smallest absolute Gasteiger partial charge is 0.358 e. The average molecular weight is 441 g/mol. The van der Waals surface area contributed by atoms with Gasteiger partial charge in [0.05, 0.1) is 16.3 Å². The van der Waals surface area contributed by atoms with Crippen molar-refractivity contribution in [3.05, 3.63) is 38.3 Å². The molecule has 1 heterocycles. The number of anilines is 1. The van der Waals surface area contributed by atoms with Crippen LogP contribution in [0.15, 0.2) is 18.3 Å². The van der Waals surface area contributed by atoms with Crippen molar-refractivity contribution in [3.63, 3.8) is 0 Å². The minimum Gasteiger partial charge on any atom is -0.358 e. The number of benzene rings is 1. The van der Waals surface area contributed by atoms with Crippen LogP contribution in [0.1, 0.15) is 11.4 Å². The van der Waals surface area contributed by atoms with Crippen LogP contribution in [0.2, 0.25) is 5.02 Å². The summed E-state index contributed by atoms with van der Waals surface area (Å²) in [7, 11) is 0. The first kappa shape index (κ1) is 16.5. The molecule has 2 N–H and O–H groups in total. The van der Waals surface area contributed by atoms with Crippen LogP contribution in [0.25, 0.3) is 5.57 Å². The highest BCUT2D eigenvalue weighted by atomic mass is 127. The standard InChI is InChI=1S/C11H5ClF3IN6/c12-7-1-6(11(13,14)15)2-8(16)9(7)18-4-5(3-17)10-19-21-22-20-10/h1-2,4,18H,(H,19,20,21,22). The zero-order valence-corrected chi connectivity index (χ0v) is 13.3. The number of halogens is 5. The second kappa shape index (κ2) is 6.49. The lowest BCUT2D eigenvalue weighted by Crippen LogP contribution is -2.06. The highest BCUT2D eigenvalue weighted by Crippen LogP contribution is 2.37. The van der Waals surface area contributed by atoms with Gasteiger partial charge < -0.3 is 5.32 Å². The van der Waals surface area contributed by atoms with Crippen molar-refractivity contribution >= 4 is 45.5 Å². The first-order valence-electron chi connectivity index (χ1n) is 5.49. The van der Waals surface area contributed by atoms with Gasteiger partial charge in [-0.15, -0.1) is 10.2 Å². The quantitative estimate of drug-likeness (QED) is 0.564. The maximum atomic E-state index is 12.7. The fourth-order valence-electron chi connectivity index (χ4n) is 1.44. The normalized spacial score (nSPS) is 12.1. The Labute approximate surface area is 140 Å². The summed E-state index contributed by atoms with van der Waals surface area (Å²) in [4.78, 5) is 0. The van der Waals surface area contributed by atoms with Gasteiger partial charge in [-0.3, -0.25) is 0 Å². The summed E-state index contributed by atoms with van der Waals surface area (Å²) in [5.41, 5.74) is -0.567. The molecule has 0 aliphatic carbocycles. The fourth-order valence-corrected chi connectivity index (χ4v) is 2.66. The van der Waals surface area contributed by atoms with E-state index in [4.69, 9.17) is 16.9 Å². The molecule has 6 nitrogen and oxygen atoms in total. The third-order valence-electron chi connectivity index (χ3n) is 2.44. The number of alkyl halides is 3. The second-order valence-corrected chi connectivity index (χ2v) is 5.43. The van der Waals surface area contributed by atoms with E-state index < -0.39 is 11.7 Å². The number of hydrogen-bond acceptors (Lipinski definition) is 5. The Bertz CT molecular complexity index is 727. The van der Waals surface area contributed by atoms with Crippen molar-refractivity contribution in [2.75, 3.05) is 5.32 Å². The molecule has 114 valence electrons. The van der Waals surface area contributed by atoms with E-state index >= 15 is 0 Å². The topological polar surface area (TPSA) is 90.3 Å². The van der Waals surface area contributed by atoms with Crippen molar-refractivity contribution in [2.45, 2.75) is 6.18 Å². The van der Waals surface area contributed by atoms with Gasteiger partial charge in [0.2, 0.25) is 5.82 Å². The third kappa shape index (κ3) is 3.66. The Kier molecular flexibility index (Phi) is 4.87. The summed E-state index contributed by atoms with van der Waals surface area (Å²) >= 11 is 7.58. The summed E-state index contributed by atoms with van der Waals surface area (Å²) in [6.45, 7) is 0. The Morgan fingerprint density at radius 2 is 2.18 bits per heavy atom. The summed E-state index contributed by atoms with van der Waals surface area (Å²) < 4.78 is 38.3. The number of allylic oxidation sites excluding steroid dienone is 1. The second-order valence-electron chi connectivity index (χ2n) is 3.86. The molecule has 0 aliphatic heterocycles. The van der Waals surface area contributed by atoms with Crippen molar-refractivity contribution in [1.29, 1.82) is 5.26 Å². The molecule has 1 aromatic carbocycles. The third-order valence-corrected chi connectivity index (χ3v) is 3.59. The summed E-state index contributed by atoms with van der Waals surface area (Å²) in [5, 5.41) is 24.3. The van der Waals surface area contributed by atoms with Crippen molar-refractivity contribution < 1.29 is 13.2 Å². The highest BCUT2D eigenvalue weighted by molar-refractivity contribution is 14.1. The molecular formula is C11H5ClF3IN6. The number of rotatable bonds is 3. The van der Waals surface area contributed by atoms with Gasteiger partial charge in [0.1, 0.15) is 11.6 Å². The average Bonchev–Trinajstić information content (AvgIpc) is 2.94. The minimum atomic E-state index is -4.49. The van der Waals surface area contributed by atoms with Gasteiger partial charge in [0.25, 0.3) is 0 Å². The zero-order chi connectivity index (χ0) is 16.3. The van der Waals surface area contributed by atoms with Crippen LogP contribution in [-0.4, -0.2) is 20.6 Å². The van der Waals surface area contributed by atoms with Crippen LogP contribution < -0.4 is 5.32 Å². The van der Waals surface area contributed by atoms with Crippen LogP contribution in [0.4, 0.5) is 18.9 Å². The number of aromatic nitrogens is 4. The van der Waals surface area contributed by atoms with Crippen molar-refractivity contribution in [2.24, 2.45) is 0 Å². The van der Waals surface area contributed by atoms with Gasteiger partial charge >= 0.3 is 6.18 Å². The summed E-state index contributed by atoms with van der Waals surface area (Å²) in [6, 6.07) is 3.59. The molecule has 0 amide bonds. The maximum absolute atomic E-state index is 12.7. The minimum absolute atomic E-state index is 0.0421. The number of nitriles is 1. The number of H-pyrrole nitrogens is 1. The predicted molar refractivity (Wildman–Crippen MR) is 80.6 cm³/mol.